The molecule has 0 spiro atoms. The third-order valence-corrected chi connectivity index (χ3v) is 3.60. The van der Waals surface area contributed by atoms with Crippen LogP contribution in [-0.4, -0.2) is 22.3 Å². The van der Waals surface area contributed by atoms with Gasteiger partial charge in [-0.3, -0.25) is 0 Å². The zero-order chi connectivity index (χ0) is 14.8. The second-order valence-electron chi connectivity index (χ2n) is 6.17. The van der Waals surface area contributed by atoms with E-state index >= 15 is 0 Å². The maximum absolute atomic E-state index is 5.97. The second-order valence-corrected chi connectivity index (χ2v) is 6.17. The average molecular weight is 272 g/mol. The van der Waals surface area contributed by atoms with Crippen LogP contribution in [0.15, 0.2) is 24.3 Å². The summed E-state index contributed by atoms with van der Waals surface area (Å²) >= 11 is 0. The summed E-state index contributed by atoms with van der Waals surface area (Å²) in [6.45, 7) is 9.09. The maximum atomic E-state index is 5.97. The summed E-state index contributed by atoms with van der Waals surface area (Å²) in [5, 5.41) is 14.3. The number of aryl methyl sites for hydroxylation is 1. The van der Waals surface area contributed by atoms with Crippen LogP contribution in [0.1, 0.15) is 32.9 Å². The molecule has 0 aliphatic rings. The summed E-state index contributed by atoms with van der Waals surface area (Å²) < 4.78 is 0. The van der Waals surface area contributed by atoms with E-state index in [1.54, 1.807) is 0 Å². The Kier molecular flexibility index (Phi) is 4.23. The molecule has 1 atom stereocenters. The summed E-state index contributed by atoms with van der Waals surface area (Å²) in [4.78, 5) is 0. The van der Waals surface area contributed by atoms with Crippen LogP contribution in [0.3, 0.4) is 0 Å². The number of rotatable bonds is 5. The number of nitrogens with two attached hydrogens (primary N) is 1. The summed E-state index contributed by atoms with van der Waals surface area (Å²) in [5.74, 6) is 1.39. The molecule has 3 N–H and O–H groups in total. The highest BCUT2D eigenvalue weighted by Gasteiger charge is 2.25. The number of nitrogens with one attached hydrogen (secondary N) is 1. The fourth-order valence-corrected chi connectivity index (χ4v) is 2.70. The third-order valence-electron chi connectivity index (χ3n) is 3.60. The molecule has 4 heteroatoms. The van der Waals surface area contributed by atoms with Crippen LogP contribution < -0.4 is 11.1 Å². The Balaban J connectivity index is 2.41. The van der Waals surface area contributed by atoms with Crippen molar-refractivity contribution in [3.8, 4) is 0 Å². The van der Waals surface area contributed by atoms with Gasteiger partial charge in [-0.25, -0.2) is 0 Å². The minimum absolute atomic E-state index is 0.166. The Labute approximate surface area is 120 Å². The van der Waals surface area contributed by atoms with E-state index in [0.29, 0.717) is 12.5 Å². The van der Waals surface area contributed by atoms with E-state index in [2.05, 4.69) is 48.4 Å². The van der Waals surface area contributed by atoms with Crippen LogP contribution in [0.2, 0.25) is 0 Å². The van der Waals surface area contributed by atoms with Gasteiger partial charge in [0, 0.05) is 22.9 Å². The standard InChI is InChI=1S/C16H24N4/c1-11(2)9-16(4,10-17)18-15-14-8-6-5-7-13(14)12(3)19-20-15/h5-8,11H,9-10,17H2,1-4H3,(H,18,20). The number of hydrogen-bond donors (Lipinski definition) is 2. The van der Waals surface area contributed by atoms with Crippen molar-refractivity contribution in [1.29, 1.82) is 0 Å². The second kappa shape index (κ2) is 5.75. The number of hydrogen-bond acceptors (Lipinski definition) is 4. The molecule has 1 aromatic carbocycles. The van der Waals surface area contributed by atoms with Crippen molar-refractivity contribution in [3.63, 3.8) is 0 Å². The van der Waals surface area contributed by atoms with E-state index in [1.807, 2.05) is 19.1 Å². The first-order valence-electron chi connectivity index (χ1n) is 7.15. The van der Waals surface area contributed by atoms with Crippen LogP contribution in [0.25, 0.3) is 10.8 Å². The lowest BCUT2D eigenvalue weighted by atomic mass is 9.90. The van der Waals surface area contributed by atoms with Crippen LogP contribution in [0, 0.1) is 12.8 Å². The van der Waals surface area contributed by atoms with E-state index in [1.165, 1.54) is 0 Å². The highest BCUT2D eigenvalue weighted by molar-refractivity contribution is 5.93. The molecule has 2 aromatic rings. The summed E-state index contributed by atoms with van der Waals surface area (Å²) in [5.41, 5.74) is 6.75. The van der Waals surface area contributed by atoms with Crippen LogP contribution in [-0.2, 0) is 0 Å². The molecule has 108 valence electrons. The summed E-state index contributed by atoms with van der Waals surface area (Å²) in [6.07, 6.45) is 0.993. The number of fused-ring (bicyclic) bond motifs is 1. The van der Waals surface area contributed by atoms with Gasteiger partial charge in [0.1, 0.15) is 0 Å². The van der Waals surface area contributed by atoms with Crippen molar-refractivity contribution in [2.45, 2.75) is 39.7 Å². The average Bonchev–Trinajstić information content (AvgIpc) is 2.41. The van der Waals surface area contributed by atoms with Gasteiger partial charge in [-0.2, -0.15) is 5.10 Å². The highest BCUT2D eigenvalue weighted by Crippen LogP contribution is 2.27. The van der Waals surface area contributed by atoms with Gasteiger partial charge in [0.15, 0.2) is 5.82 Å². The molecule has 0 aliphatic heterocycles. The quantitative estimate of drug-likeness (QED) is 0.878. The number of anilines is 1. The first kappa shape index (κ1) is 14.7. The monoisotopic (exact) mass is 272 g/mol. The van der Waals surface area contributed by atoms with Gasteiger partial charge in [0.05, 0.1) is 5.69 Å². The lowest BCUT2D eigenvalue weighted by molar-refractivity contribution is 0.406. The molecule has 0 saturated carbocycles. The predicted octanol–water partition coefficient (Wildman–Crippen LogP) is 3.11. The van der Waals surface area contributed by atoms with Crippen molar-refractivity contribution >= 4 is 16.6 Å². The van der Waals surface area contributed by atoms with E-state index in [-0.39, 0.29) is 5.54 Å². The Morgan fingerprint density at radius 3 is 2.45 bits per heavy atom. The highest BCUT2D eigenvalue weighted by atomic mass is 15.2. The zero-order valence-electron chi connectivity index (χ0n) is 12.8. The lowest BCUT2D eigenvalue weighted by Crippen LogP contribution is -2.44. The minimum Gasteiger partial charge on any atom is -0.362 e. The first-order chi connectivity index (χ1) is 9.45. The van der Waals surface area contributed by atoms with Crippen molar-refractivity contribution in [2.24, 2.45) is 11.7 Å². The normalized spacial score (nSPS) is 14.5. The molecule has 0 amide bonds. The van der Waals surface area contributed by atoms with E-state index in [9.17, 15) is 0 Å². The van der Waals surface area contributed by atoms with E-state index in [0.717, 1.165) is 28.7 Å². The van der Waals surface area contributed by atoms with Gasteiger partial charge in [-0.1, -0.05) is 38.1 Å². The molecule has 1 heterocycles. The van der Waals surface area contributed by atoms with Gasteiger partial charge >= 0.3 is 0 Å². The van der Waals surface area contributed by atoms with Crippen LogP contribution in [0.5, 0.6) is 0 Å². The van der Waals surface area contributed by atoms with Crippen molar-refractivity contribution in [2.75, 3.05) is 11.9 Å². The fraction of sp³-hybridized carbons (Fsp3) is 0.500. The van der Waals surface area contributed by atoms with Gasteiger partial charge in [0.2, 0.25) is 0 Å². The third kappa shape index (κ3) is 3.07. The van der Waals surface area contributed by atoms with E-state index in [4.69, 9.17) is 5.73 Å². The molecule has 0 aliphatic carbocycles. The first-order valence-corrected chi connectivity index (χ1v) is 7.15. The van der Waals surface area contributed by atoms with Crippen molar-refractivity contribution in [3.05, 3.63) is 30.0 Å². The Morgan fingerprint density at radius 1 is 1.20 bits per heavy atom. The molecule has 0 radical (unpaired) electrons. The maximum Gasteiger partial charge on any atom is 0.157 e. The molecule has 2 rings (SSSR count). The Morgan fingerprint density at radius 2 is 1.85 bits per heavy atom. The fourth-order valence-electron chi connectivity index (χ4n) is 2.70. The molecule has 0 bridgehead atoms. The van der Waals surface area contributed by atoms with Gasteiger partial charge in [-0.15, -0.1) is 5.10 Å². The van der Waals surface area contributed by atoms with Crippen LogP contribution in [0.4, 0.5) is 5.82 Å². The van der Waals surface area contributed by atoms with Gasteiger partial charge in [-0.05, 0) is 26.2 Å². The van der Waals surface area contributed by atoms with Crippen molar-refractivity contribution in [1.82, 2.24) is 10.2 Å². The summed E-state index contributed by atoms with van der Waals surface area (Å²) in [7, 11) is 0. The van der Waals surface area contributed by atoms with Crippen LogP contribution >= 0.6 is 0 Å². The molecular formula is C16H24N4. The smallest absolute Gasteiger partial charge is 0.157 e. The minimum atomic E-state index is -0.166. The molecule has 0 saturated heterocycles. The van der Waals surface area contributed by atoms with Gasteiger partial charge in [0.25, 0.3) is 0 Å². The predicted molar refractivity (Wildman–Crippen MR) is 84.8 cm³/mol. The van der Waals surface area contributed by atoms with Gasteiger partial charge < -0.3 is 11.1 Å². The Bertz CT molecular complexity index is 594. The number of aromatic nitrogens is 2. The van der Waals surface area contributed by atoms with E-state index < -0.39 is 0 Å². The molecule has 1 aromatic heterocycles. The lowest BCUT2D eigenvalue weighted by Gasteiger charge is -2.32. The largest absolute Gasteiger partial charge is 0.362 e. The molecule has 0 fully saturated rings. The topological polar surface area (TPSA) is 63.8 Å². The number of nitrogens with zero attached hydrogens (tertiary/aromatic N) is 2. The molecule has 20 heavy (non-hydrogen) atoms. The number of benzene rings is 1. The van der Waals surface area contributed by atoms with Crippen molar-refractivity contribution < 1.29 is 0 Å². The summed E-state index contributed by atoms with van der Waals surface area (Å²) in [6, 6.07) is 8.20. The Hall–Kier alpha value is -1.68. The SMILES string of the molecule is Cc1nnc(NC(C)(CN)CC(C)C)c2ccccc12. The molecular weight excluding hydrogens is 248 g/mol. The zero-order valence-corrected chi connectivity index (χ0v) is 12.8. The molecule has 4 nitrogen and oxygen atoms in total. The molecule has 1 unspecified atom stereocenters.